The normalized spacial score (nSPS) is 18.3. The van der Waals surface area contributed by atoms with Crippen molar-refractivity contribution >= 4 is 44.3 Å². The fourth-order valence-electron chi connectivity index (χ4n) is 2.64. The first-order valence-electron chi connectivity index (χ1n) is 6.52. The summed E-state index contributed by atoms with van der Waals surface area (Å²) in [5, 5.41) is 1.86. The molecule has 5 nitrogen and oxygen atoms in total. The average Bonchev–Trinajstić information content (AvgIpc) is 2.89. The SMILES string of the molecule is COC(=O)C1CC(=O)N(c2ccc(Br)c3ccncc23)C1. The Bertz CT molecular complexity index is 732. The predicted octanol–water partition coefficient (Wildman–Crippen LogP) is 2.52. The minimum Gasteiger partial charge on any atom is -0.469 e. The molecule has 1 aromatic heterocycles. The van der Waals surface area contributed by atoms with Gasteiger partial charge < -0.3 is 9.64 Å². The van der Waals surface area contributed by atoms with Crippen LogP contribution in [0.3, 0.4) is 0 Å². The predicted molar refractivity (Wildman–Crippen MR) is 81.9 cm³/mol. The zero-order valence-corrected chi connectivity index (χ0v) is 13.0. The van der Waals surface area contributed by atoms with Crippen molar-refractivity contribution in [1.29, 1.82) is 0 Å². The van der Waals surface area contributed by atoms with E-state index in [4.69, 9.17) is 4.74 Å². The maximum absolute atomic E-state index is 12.2. The number of nitrogens with zero attached hydrogens (tertiary/aromatic N) is 2. The van der Waals surface area contributed by atoms with Crippen LogP contribution in [-0.2, 0) is 14.3 Å². The van der Waals surface area contributed by atoms with Crippen LogP contribution in [-0.4, -0.2) is 30.5 Å². The van der Waals surface area contributed by atoms with Crippen LogP contribution in [0.15, 0.2) is 35.1 Å². The lowest BCUT2D eigenvalue weighted by atomic mass is 10.1. The summed E-state index contributed by atoms with van der Waals surface area (Å²) in [6.07, 6.45) is 3.62. The number of anilines is 1. The number of methoxy groups -OCH3 is 1. The highest BCUT2D eigenvalue weighted by Gasteiger charge is 2.36. The van der Waals surface area contributed by atoms with Crippen LogP contribution in [0, 0.1) is 5.92 Å². The van der Waals surface area contributed by atoms with E-state index in [1.165, 1.54) is 7.11 Å². The van der Waals surface area contributed by atoms with Crippen molar-refractivity contribution in [1.82, 2.24) is 4.98 Å². The third kappa shape index (κ3) is 2.40. The van der Waals surface area contributed by atoms with Gasteiger partial charge in [-0.05, 0) is 18.2 Å². The van der Waals surface area contributed by atoms with Gasteiger partial charge in [0.2, 0.25) is 5.91 Å². The van der Waals surface area contributed by atoms with Crippen molar-refractivity contribution in [2.75, 3.05) is 18.6 Å². The molecule has 3 rings (SSSR count). The van der Waals surface area contributed by atoms with Crippen LogP contribution >= 0.6 is 15.9 Å². The van der Waals surface area contributed by atoms with Gasteiger partial charge in [0, 0.05) is 40.6 Å². The quantitative estimate of drug-likeness (QED) is 0.782. The number of pyridine rings is 1. The van der Waals surface area contributed by atoms with Crippen molar-refractivity contribution < 1.29 is 14.3 Å². The summed E-state index contributed by atoms with van der Waals surface area (Å²) in [6.45, 7) is 0.344. The first-order chi connectivity index (χ1) is 10.1. The summed E-state index contributed by atoms with van der Waals surface area (Å²) in [7, 11) is 1.34. The van der Waals surface area contributed by atoms with Crippen molar-refractivity contribution in [2.24, 2.45) is 5.92 Å². The van der Waals surface area contributed by atoms with Crippen molar-refractivity contribution in [3.63, 3.8) is 0 Å². The number of esters is 1. The summed E-state index contributed by atoms with van der Waals surface area (Å²) in [4.78, 5) is 29.6. The topological polar surface area (TPSA) is 59.5 Å². The molecule has 0 radical (unpaired) electrons. The second kappa shape index (κ2) is 5.44. The van der Waals surface area contributed by atoms with E-state index in [-0.39, 0.29) is 18.3 Å². The number of carbonyl (C=O) groups is 2. The Labute approximate surface area is 130 Å². The first kappa shape index (κ1) is 14.0. The third-order valence-electron chi connectivity index (χ3n) is 3.69. The molecule has 1 saturated heterocycles. The summed E-state index contributed by atoms with van der Waals surface area (Å²) in [5.41, 5.74) is 0.776. The minimum absolute atomic E-state index is 0.0714. The molecule has 108 valence electrons. The number of hydrogen-bond donors (Lipinski definition) is 0. The lowest BCUT2D eigenvalue weighted by Gasteiger charge is -2.19. The van der Waals surface area contributed by atoms with Gasteiger partial charge in [0.25, 0.3) is 0 Å². The van der Waals surface area contributed by atoms with E-state index in [1.54, 1.807) is 17.3 Å². The molecule has 1 fully saturated rings. The van der Waals surface area contributed by atoms with E-state index in [0.29, 0.717) is 6.54 Å². The van der Waals surface area contributed by atoms with Gasteiger partial charge in [0.15, 0.2) is 0 Å². The van der Waals surface area contributed by atoms with Gasteiger partial charge in [0.05, 0.1) is 18.7 Å². The first-order valence-corrected chi connectivity index (χ1v) is 7.31. The molecule has 2 aromatic rings. The highest BCUT2D eigenvalue weighted by molar-refractivity contribution is 9.10. The lowest BCUT2D eigenvalue weighted by Crippen LogP contribution is -2.26. The molecule has 1 unspecified atom stereocenters. The van der Waals surface area contributed by atoms with E-state index in [2.05, 4.69) is 20.9 Å². The van der Waals surface area contributed by atoms with Crippen molar-refractivity contribution in [3.8, 4) is 0 Å². The smallest absolute Gasteiger partial charge is 0.311 e. The molecule has 1 aliphatic heterocycles. The zero-order chi connectivity index (χ0) is 15.0. The lowest BCUT2D eigenvalue weighted by molar-refractivity contribution is -0.145. The van der Waals surface area contributed by atoms with Gasteiger partial charge in [-0.15, -0.1) is 0 Å². The second-order valence-corrected chi connectivity index (χ2v) is 5.77. The molecule has 0 N–H and O–H groups in total. The maximum Gasteiger partial charge on any atom is 0.311 e. The Balaban J connectivity index is 2.04. The van der Waals surface area contributed by atoms with Crippen molar-refractivity contribution in [3.05, 3.63) is 35.1 Å². The standard InChI is InChI=1S/C15H13BrN2O3/c1-21-15(20)9-6-14(19)18(8-9)13-3-2-12(16)10-4-5-17-7-11(10)13/h2-5,7,9H,6,8H2,1H3. The van der Waals surface area contributed by atoms with Crippen LogP contribution in [0.1, 0.15) is 6.42 Å². The molecular formula is C15H13BrN2O3. The van der Waals surface area contributed by atoms with Gasteiger partial charge in [-0.2, -0.15) is 0 Å². The zero-order valence-electron chi connectivity index (χ0n) is 11.4. The van der Waals surface area contributed by atoms with Gasteiger partial charge in [-0.1, -0.05) is 15.9 Å². The van der Waals surface area contributed by atoms with Gasteiger partial charge in [-0.3, -0.25) is 14.6 Å². The summed E-state index contributed by atoms with van der Waals surface area (Å²) in [6, 6.07) is 5.66. The highest BCUT2D eigenvalue weighted by atomic mass is 79.9. The molecule has 1 aromatic carbocycles. The Hall–Kier alpha value is -1.95. The molecule has 2 heterocycles. The number of hydrogen-bond acceptors (Lipinski definition) is 4. The van der Waals surface area contributed by atoms with Crippen LogP contribution in [0.25, 0.3) is 10.8 Å². The molecule has 0 saturated carbocycles. The van der Waals surface area contributed by atoms with Crippen LogP contribution in [0.4, 0.5) is 5.69 Å². The van der Waals surface area contributed by atoms with E-state index >= 15 is 0 Å². The Morgan fingerprint density at radius 1 is 1.38 bits per heavy atom. The second-order valence-electron chi connectivity index (χ2n) is 4.92. The average molecular weight is 349 g/mol. The highest BCUT2D eigenvalue weighted by Crippen LogP contribution is 2.34. The monoisotopic (exact) mass is 348 g/mol. The summed E-state index contributed by atoms with van der Waals surface area (Å²) >= 11 is 3.50. The van der Waals surface area contributed by atoms with Crippen molar-refractivity contribution in [2.45, 2.75) is 6.42 Å². The molecule has 1 atom stereocenters. The molecule has 0 aliphatic carbocycles. The van der Waals surface area contributed by atoms with Gasteiger partial charge in [0.1, 0.15) is 0 Å². The Morgan fingerprint density at radius 3 is 2.95 bits per heavy atom. The van der Waals surface area contributed by atoms with Crippen LogP contribution < -0.4 is 4.90 Å². The minimum atomic E-state index is -0.405. The number of amides is 1. The van der Waals surface area contributed by atoms with Gasteiger partial charge in [-0.25, -0.2) is 0 Å². The molecule has 6 heteroatoms. The number of fused-ring (bicyclic) bond motifs is 1. The number of halogens is 1. The largest absolute Gasteiger partial charge is 0.469 e. The molecule has 0 spiro atoms. The number of carbonyl (C=O) groups excluding carboxylic acids is 2. The van der Waals surface area contributed by atoms with E-state index in [1.807, 2.05) is 18.2 Å². The molecule has 1 aliphatic rings. The fourth-order valence-corrected chi connectivity index (χ4v) is 3.12. The number of rotatable bonds is 2. The Kier molecular flexibility index (Phi) is 3.63. The summed E-state index contributed by atoms with van der Waals surface area (Å²) < 4.78 is 5.68. The maximum atomic E-state index is 12.2. The van der Waals surface area contributed by atoms with Gasteiger partial charge >= 0.3 is 5.97 Å². The number of ether oxygens (including phenoxy) is 1. The summed E-state index contributed by atoms with van der Waals surface area (Å²) in [5.74, 6) is -0.818. The van der Waals surface area contributed by atoms with E-state index in [0.717, 1.165) is 20.9 Å². The van der Waals surface area contributed by atoms with E-state index < -0.39 is 5.92 Å². The van der Waals surface area contributed by atoms with Crippen LogP contribution in [0.2, 0.25) is 0 Å². The molecular weight excluding hydrogens is 336 g/mol. The fraction of sp³-hybridized carbons (Fsp3) is 0.267. The number of benzene rings is 1. The number of aromatic nitrogens is 1. The van der Waals surface area contributed by atoms with E-state index in [9.17, 15) is 9.59 Å². The molecule has 1 amide bonds. The Morgan fingerprint density at radius 2 is 2.19 bits per heavy atom. The molecule has 0 bridgehead atoms. The van der Waals surface area contributed by atoms with Crippen LogP contribution in [0.5, 0.6) is 0 Å². The third-order valence-corrected chi connectivity index (χ3v) is 4.38. The molecule has 21 heavy (non-hydrogen) atoms.